The number of likely N-dealkylation sites (N-methyl/N-ethyl adjacent to an activating group) is 1. The van der Waals surface area contributed by atoms with Crippen molar-refractivity contribution in [3.8, 4) is 23.0 Å². The lowest BCUT2D eigenvalue weighted by molar-refractivity contribution is 0.353. The Morgan fingerprint density at radius 2 is 1.76 bits per heavy atom. The summed E-state index contributed by atoms with van der Waals surface area (Å²) in [5, 5.41) is 4.52. The predicted molar refractivity (Wildman–Crippen MR) is 108 cm³/mol. The molecule has 8 nitrogen and oxygen atoms in total. The first-order valence-corrected chi connectivity index (χ1v) is 10.4. The molecule has 0 amide bonds. The van der Waals surface area contributed by atoms with Gasteiger partial charge in [-0.1, -0.05) is 16.8 Å². The van der Waals surface area contributed by atoms with Gasteiger partial charge in [-0.05, 0) is 36.4 Å². The lowest BCUT2D eigenvalue weighted by Gasteiger charge is -2.17. The van der Waals surface area contributed by atoms with Gasteiger partial charge in [0.1, 0.15) is 0 Å². The highest BCUT2D eigenvalue weighted by Crippen LogP contribution is 2.30. The molecule has 0 aliphatic carbocycles. The van der Waals surface area contributed by atoms with Crippen molar-refractivity contribution in [1.82, 2.24) is 14.4 Å². The molecule has 0 aliphatic heterocycles. The van der Waals surface area contributed by atoms with Crippen LogP contribution in [0.3, 0.4) is 0 Å². The summed E-state index contributed by atoms with van der Waals surface area (Å²) in [7, 11) is 0.711. The van der Waals surface area contributed by atoms with E-state index in [1.165, 1.54) is 37.7 Å². The Bertz CT molecular complexity index is 1080. The number of methoxy groups -OCH3 is 2. The van der Waals surface area contributed by atoms with Crippen LogP contribution in [0.5, 0.6) is 11.5 Å². The number of aromatic nitrogens is 2. The molecule has 0 bridgehead atoms. The van der Waals surface area contributed by atoms with Gasteiger partial charge in [0.15, 0.2) is 17.3 Å². The third kappa shape index (κ3) is 4.69. The molecule has 154 valence electrons. The van der Waals surface area contributed by atoms with E-state index in [0.29, 0.717) is 34.7 Å². The molecule has 0 spiro atoms. The van der Waals surface area contributed by atoms with Crippen molar-refractivity contribution in [3.63, 3.8) is 0 Å². The summed E-state index contributed by atoms with van der Waals surface area (Å²) in [5.74, 6) is 1.55. The molecule has 0 radical (unpaired) electrons. The number of halogens is 1. The van der Waals surface area contributed by atoms with Gasteiger partial charge >= 0.3 is 0 Å². The fourth-order valence-electron chi connectivity index (χ4n) is 2.60. The van der Waals surface area contributed by atoms with Gasteiger partial charge in [0.25, 0.3) is 5.89 Å². The van der Waals surface area contributed by atoms with Crippen molar-refractivity contribution in [2.24, 2.45) is 0 Å². The summed E-state index contributed by atoms with van der Waals surface area (Å²) < 4.78 is 42.5. The minimum Gasteiger partial charge on any atom is -0.493 e. The molecule has 2 aromatic carbocycles. The van der Waals surface area contributed by atoms with Crippen LogP contribution in [0.25, 0.3) is 11.5 Å². The Labute approximate surface area is 174 Å². The Kier molecular flexibility index (Phi) is 6.41. The van der Waals surface area contributed by atoms with E-state index in [4.69, 9.17) is 25.6 Å². The summed E-state index contributed by atoms with van der Waals surface area (Å²) in [6.45, 7) is 0.177. The first-order chi connectivity index (χ1) is 13.8. The SMILES string of the molecule is COc1ccc(S(=O)(=O)N(C)CCc2noc(-c3ccc(Cl)cc3)n2)cc1OC. The standard InChI is InChI=1S/C19H20ClN3O5S/c1-23(29(24,25)15-8-9-16(26-2)17(12-15)27-3)11-10-18-21-19(28-22-18)13-4-6-14(20)7-5-13/h4-9,12H,10-11H2,1-3H3. The Morgan fingerprint density at radius 1 is 1.07 bits per heavy atom. The summed E-state index contributed by atoms with van der Waals surface area (Å²) >= 11 is 5.87. The highest BCUT2D eigenvalue weighted by Gasteiger charge is 2.23. The molecular weight excluding hydrogens is 418 g/mol. The summed E-state index contributed by atoms with van der Waals surface area (Å²) in [6.07, 6.45) is 0.292. The van der Waals surface area contributed by atoms with E-state index in [-0.39, 0.29) is 11.4 Å². The number of hydrogen-bond acceptors (Lipinski definition) is 7. The normalized spacial score (nSPS) is 11.6. The smallest absolute Gasteiger partial charge is 0.257 e. The number of nitrogens with zero attached hydrogens (tertiary/aromatic N) is 3. The van der Waals surface area contributed by atoms with Crippen LogP contribution in [0.2, 0.25) is 5.02 Å². The second-order valence-corrected chi connectivity index (χ2v) is 8.60. The summed E-state index contributed by atoms with van der Waals surface area (Å²) in [4.78, 5) is 4.41. The number of rotatable bonds is 8. The van der Waals surface area contributed by atoms with Gasteiger partial charge in [0.05, 0.1) is 19.1 Å². The molecule has 1 heterocycles. The van der Waals surface area contributed by atoms with Gasteiger partial charge in [-0.25, -0.2) is 12.7 Å². The molecule has 1 aromatic heterocycles. The van der Waals surface area contributed by atoms with E-state index < -0.39 is 10.0 Å². The van der Waals surface area contributed by atoms with Gasteiger partial charge < -0.3 is 14.0 Å². The molecule has 0 saturated carbocycles. The minimum absolute atomic E-state index is 0.104. The van der Waals surface area contributed by atoms with Crippen molar-refractivity contribution in [1.29, 1.82) is 0 Å². The second-order valence-electron chi connectivity index (χ2n) is 6.12. The zero-order valence-electron chi connectivity index (χ0n) is 16.1. The van der Waals surface area contributed by atoms with Gasteiger partial charge in [-0.15, -0.1) is 0 Å². The maximum atomic E-state index is 12.8. The average Bonchev–Trinajstić information content (AvgIpc) is 3.20. The molecule has 3 rings (SSSR count). The molecule has 0 fully saturated rings. The molecule has 29 heavy (non-hydrogen) atoms. The number of sulfonamides is 1. The number of hydrogen-bond donors (Lipinski definition) is 0. The molecular formula is C19H20ClN3O5S. The van der Waals surface area contributed by atoms with Crippen LogP contribution >= 0.6 is 11.6 Å². The molecule has 0 N–H and O–H groups in total. The van der Waals surface area contributed by atoms with Crippen LogP contribution in [0, 0.1) is 0 Å². The van der Waals surface area contributed by atoms with Gasteiger partial charge in [0, 0.05) is 36.7 Å². The Morgan fingerprint density at radius 3 is 2.41 bits per heavy atom. The van der Waals surface area contributed by atoms with E-state index in [0.717, 1.165) is 5.56 Å². The first-order valence-electron chi connectivity index (χ1n) is 8.62. The van der Waals surface area contributed by atoms with E-state index in [9.17, 15) is 8.42 Å². The largest absolute Gasteiger partial charge is 0.493 e. The van der Waals surface area contributed by atoms with Crippen LogP contribution in [0.4, 0.5) is 0 Å². The quantitative estimate of drug-likeness (QED) is 0.533. The lowest BCUT2D eigenvalue weighted by atomic mass is 10.2. The first kappa shape index (κ1) is 21.1. The van der Waals surface area contributed by atoms with Gasteiger partial charge in [-0.2, -0.15) is 4.98 Å². The van der Waals surface area contributed by atoms with Crippen LogP contribution in [-0.2, 0) is 16.4 Å². The van der Waals surface area contributed by atoms with Gasteiger partial charge in [0.2, 0.25) is 10.0 Å². The zero-order chi connectivity index (χ0) is 21.0. The second kappa shape index (κ2) is 8.81. The van der Waals surface area contributed by atoms with Crippen LogP contribution in [-0.4, -0.2) is 50.7 Å². The molecule has 0 atom stereocenters. The van der Waals surface area contributed by atoms with E-state index in [1.807, 2.05) is 0 Å². The fraction of sp³-hybridized carbons (Fsp3) is 0.263. The molecule has 10 heteroatoms. The third-order valence-electron chi connectivity index (χ3n) is 4.27. The van der Waals surface area contributed by atoms with Crippen molar-refractivity contribution in [2.75, 3.05) is 27.8 Å². The van der Waals surface area contributed by atoms with Crippen molar-refractivity contribution < 1.29 is 22.4 Å². The molecule has 0 unspecified atom stereocenters. The minimum atomic E-state index is -3.72. The highest BCUT2D eigenvalue weighted by atomic mass is 35.5. The van der Waals surface area contributed by atoms with Crippen LogP contribution in [0.1, 0.15) is 5.82 Å². The van der Waals surface area contributed by atoms with E-state index >= 15 is 0 Å². The van der Waals surface area contributed by atoms with Crippen molar-refractivity contribution in [3.05, 3.63) is 53.3 Å². The third-order valence-corrected chi connectivity index (χ3v) is 6.38. The number of benzene rings is 2. The lowest BCUT2D eigenvalue weighted by Crippen LogP contribution is -2.29. The van der Waals surface area contributed by atoms with Crippen molar-refractivity contribution >= 4 is 21.6 Å². The predicted octanol–water partition coefficient (Wildman–Crippen LogP) is 3.27. The van der Waals surface area contributed by atoms with Gasteiger partial charge in [-0.3, -0.25) is 0 Å². The highest BCUT2D eigenvalue weighted by molar-refractivity contribution is 7.89. The average molecular weight is 438 g/mol. The topological polar surface area (TPSA) is 94.8 Å². The van der Waals surface area contributed by atoms with E-state index in [1.54, 1.807) is 30.3 Å². The van der Waals surface area contributed by atoms with Crippen LogP contribution < -0.4 is 9.47 Å². The zero-order valence-corrected chi connectivity index (χ0v) is 17.7. The summed E-state index contributed by atoms with van der Waals surface area (Å²) in [6, 6.07) is 11.4. The fourth-order valence-corrected chi connectivity index (χ4v) is 3.91. The van der Waals surface area contributed by atoms with E-state index in [2.05, 4.69) is 10.1 Å². The maximum Gasteiger partial charge on any atom is 0.257 e. The van der Waals surface area contributed by atoms with Crippen LogP contribution in [0.15, 0.2) is 51.9 Å². The molecule has 0 aliphatic rings. The number of ether oxygens (including phenoxy) is 2. The van der Waals surface area contributed by atoms with Crippen molar-refractivity contribution in [2.45, 2.75) is 11.3 Å². The maximum absolute atomic E-state index is 12.8. The Hall–Kier alpha value is -2.62. The molecule has 0 saturated heterocycles. The molecule has 3 aromatic rings. The Balaban J connectivity index is 1.70. The monoisotopic (exact) mass is 437 g/mol. The summed E-state index contributed by atoms with van der Waals surface area (Å²) in [5.41, 5.74) is 0.736.